The van der Waals surface area contributed by atoms with Gasteiger partial charge in [-0.05, 0) is 40.5 Å². The van der Waals surface area contributed by atoms with Crippen molar-refractivity contribution in [2.75, 3.05) is 6.54 Å². The number of esters is 1. The Hall–Kier alpha value is -5.57. The van der Waals surface area contributed by atoms with E-state index in [4.69, 9.17) is 14.2 Å². The third-order valence-corrected chi connectivity index (χ3v) is 6.88. The average Bonchev–Trinajstić information content (AvgIpc) is 3.47. The van der Waals surface area contributed by atoms with Crippen molar-refractivity contribution >= 4 is 28.9 Å². The summed E-state index contributed by atoms with van der Waals surface area (Å²) in [6, 6.07) is 33.0. The van der Waals surface area contributed by atoms with Crippen molar-refractivity contribution in [1.82, 2.24) is 15.6 Å². The van der Waals surface area contributed by atoms with Crippen molar-refractivity contribution in [3.63, 3.8) is 0 Å². The second kappa shape index (κ2) is 15.1. The predicted molar refractivity (Wildman–Crippen MR) is 166 cm³/mol. The first-order valence-corrected chi connectivity index (χ1v) is 14.2. The van der Waals surface area contributed by atoms with Crippen molar-refractivity contribution in [2.45, 2.75) is 32.3 Å². The molecule has 0 aliphatic rings. The van der Waals surface area contributed by atoms with Gasteiger partial charge in [-0.2, -0.15) is 0 Å². The number of H-pyrrole nitrogens is 1. The molecule has 0 saturated carbocycles. The van der Waals surface area contributed by atoms with E-state index in [0.717, 1.165) is 33.2 Å². The zero-order valence-electron chi connectivity index (χ0n) is 24.0. The molecule has 224 valence electrons. The molecule has 9 heteroatoms. The van der Waals surface area contributed by atoms with Crippen LogP contribution in [0, 0.1) is 0 Å². The Morgan fingerprint density at radius 3 is 1.93 bits per heavy atom. The van der Waals surface area contributed by atoms with Crippen LogP contribution in [0.4, 0.5) is 4.79 Å². The molecular weight excluding hydrogens is 558 g/mol. The molecule has 0 saturated heterocycles. The number of hydrogen-bond acceptors (Lipinski definition) is 6. The van der Waals surface area contributed by atoms with Crippen LogP contribution in [0.3, 0.4) is 0 Å². The van der Waals surface area contributed by atoms with E-state index in [0.29, 0.717) is 12.4 Å². The number of carbonyl (C=O) groups excluding carboxylic acids is 3. The van der Waals surface area contributed by atoms with Crippen LogP contribution in [0.15, 0.2) is 115 Å². The topological polar surface area (TPSA) is 119 Å². The minimum absolute atomic E-state index is 0.0437. The first kappa shape index (κ1) is 29.9. The number of alkyl carbamates (subject to hydrolysis) is 1. The standard InChI is InChI=1S/C35H33N3O6/c39-33(43-23-26-12-6-2-7-13-26)21-37-34(40)32(38-35(41)44-24-27-14-8-3-9-15-27)18-28-20-36-31-17-16-29(19-30(28)31)42-22-25-10-4-1-5-11-25/h1-17,19-20,32,36H,18,21-24H2,(H,37,40)(H,38,41)/t32-/m0/s1. The van der Waals surface area contributed by atoms with Crippen molar-refractivity contribution < 1.29 is 28.6 Å². The number of hydrogen-bond donors (Lipinski definition) is 3. The van der Waals surface area contributed by atoms with Crippen molar-refractivity contribution in [2.24, 2.45) is 0 Å². The third kappa shape index (κ3) is 8.72. The Balaban J connectivity index is 1.25. The monoisotopic (exact) mass is 591 g/mol. The van der Waals surface area contributed by atoms with Crippen LogP contribution in [0.1, 0.15) is 22.3 Å². The maximum absolute atomic E-state index is 13.3. The Labute approximate surface area is 255 Å². The Kier molecular flexibility index (Phi) is 10.2. The first-order valence-electron chi connectivity index (χ1n) is 14.2. The van der Waals surface area contributed by atoms with Gasteiger partial charge in [-0.15, -0.1) is 0 Å². The smallest absolute Gasteiger partial charge is 0.408 e. The highest BCUT2D eigenvalue weighted by molar-refractivity contribution is 5.90. The molecule has 0 aliphatic carbocycles. The second-order valence-corrected chi connectivity index (χ2v) is 10.1. The summed E-state index contributed by atoms with van der Waals surface area (Å²) in [6.45, 7) is 0.190. The molecule has 9 nitrogen and oxygen atoms in total. The molecule has 0 bridgehead atoms. The van der Waals surface area contributed by atoms with E-state index in [9.17, 15) is 14.4 Å². The maximum atomic E-state index is 13.3. The average molecular weight is 592 g/mol. The second-order valence-electron chi connectivity index (χ2n) is 10.1. The van der Waals surface area contributed by atoms with Gasteiger partial charge in [-0.1, -0.05) is 91.0 Å². The minimum atomic E-state index is -1.03. The predicted octanol–water partition coefficient (Wildman–Crippen LogP) is 5.44. The normalized spacial score (nSPS) is 11.4. The Morgan fingerprint density at radius 2 is 1.30 bits per heavy atom. The van der Waals surface area contributed by atoms with Crippen LogP contribution in [-0.4, -0.2) is 35.5 Å². The molecule has 5 aromatic rings. The van der Waals surface area contributed by atoms with Gasteiger partial charge in [-0.25, -0.2) is 4.79 Å². The van der Waals surface area contributed by atoms with E-state index in [1.807, 2.05) is 109 Å². The summed E-state index contributed by atoms with van der Waals surface area (Å²) >= 11 is 0. The molecule has 2 amide bonds. The summed E-state index contributed by atoms with van der Waals surface area (Å²) in [5.41, 5.74) is 4.31. The van der Waals surface area contributed by atoms with Crippen molar-refractivity contribution in [3.8, 4) is 5.75 Å². The summed E-state index contributed by atoms with van der Waals surface area (Å²) in [6.07, 6.45) is 1.16. The van der Waals surface area contributed by atoms with Crippen molar-refractivity contribution in [3.05, 3.63) is 138 Å². The fraction of sp³-hybridized carbons (Fsp3) is 0.171. The summed E-state index contributed by atoms with van der Waals surface area (Å²) < 4.78 is 16.6. The molecule has 44 heavy (non-hydrogen) atoms. The number of rotatable bonds is 13. The molecule has 1 aromatic heterocycles. The summed E-state index contributed by atoms with van der Waals surface area (Å²) in [5.74, 6) is -0.483. The highest BCUT2D eigenvalue weighted by Crippen LogP contribution is 2.25. The summed E-state index contributed by atoms with van der Waals surface area (Å²) in [7, 11) is 0. The van der Waals surface area contributed by atoms with Crippen molar-refractivity contribution in [1.29, 1.82) is 0 Å². The Morgan fingerprint density at radius 1 is 0.705 bits per heavy atom. The van der Waals surface area contributed by atoms with Gasteiger partial charge in [0.15, 0.2) is 0 Å². The fourth-order valence-corrected chi connectivity index (χ4v) is 4.56. The number of ether oxygens (including phenoxy) is 3. The van der Waals surface area contributed by atoms with Crippen LogP contribution in [0.2, 0.25) is 0 Å². The zero-order valence-corrected chi connectivity index (χ0v) is 24.0. The highest BCUT2D eigenvalue weighted by atomic mass is 16.5. The first-order chi connectivity index (χ1) is 21.5. The van der Waals surface area contributed by atoms with Crippen LogP contribution in [0.25, 0.3) is 10.9 Å². The van der Waals surface area contributed by atoms with Gasteiger partial charge in [0.25, 0.3) is 0 Å². The third-order valence-electron chi connectivity index (χ3n) is 6.88. The van der Waals surface area contributed by atoms with E-state index in [1.54, 1.807) is 6.20 Å². The Bertz CT molecular complexity index is 1670. The van der Waals surface area contributed by atoms with Gasteiger partial charge in [-0.3, -0.25) is 9.59 Å². The number of nitrogens with one attached hydrogen (secondary N) is 3. The number of benzene rings is 4. The lowest BCUT2D eigenvalue weighted by atomic mass is 10.0. The van der Waals surface area contributed by atoms with E-state index >= 15 is 0 Å². The van der Waals surface area contributed by atoms with Gasteiger partial charge in [0, 0.05) is 23.5 Å². The molecule has 0 fully saturated rings. The molecule has 0 aliphatic heterocycles. The molecule has 1 heterocycles. The molecule has 4 aromatic carbocycles. The summed E-state index contributed by atoms with van der Waals surface area (Å²) in [4.78, 5) is 41.6. The molecule has 3 N–H and O–H groups in total. The van der Waals surface area contributed by atoms with Gasteiger partial charge in [0.2, 0.25) is 5.91 Å². The lowest BCUT2D eigenvalue weighted by Gasteiger charge is -2.18. The van der Waals surface area contributed by atoms with Crippen LogP contribution in [0.5, 0.6) is 5.75 Å². The minimum Gasteiger partial charge on any atom is -0.489 e. The van der Waals surface area contributed by atoms with E-state index in [1.165, 1.54) is 0 Å². The van der Waals surface area contributed by atoms with Gasteiger partial charge < -0.3 is 29.8 Å². The molecule has 0 unspecified atom stereocenters. The molecular formula is C35H33N3O6. The van der Waals surface area contributed by atoms with Crippen LogP contribution in [-0.2, 0) is 45.3 Å². The van der Waals surface area contributed by atoms with E-state index in [2.05, 4.69) is 15.6 Å². The van der Waals surface area contributed by atoms with Gasteiger partial charge >= 0.3 is 12.1 Å². The largest absolute Gasteiger partial charge is 0.489 e. The number of aromatic amines is 1. The quantitative estimate of drug-likeness (QED) is 0.157. The lowest BCUT2D eigenvalue weighted by Crippen LogP contribution is -2.49. The molecule has 0 radical (unpaired) electrons. The fourth-order valence-electron chi connectivity index (χ4n) is 4.56. The zero-order chi connectivity index (χ0) is 30.6. The summed E-state index contributed by atoms with van der Waals surface area (Å²) in [5, 5.41) is 6.09. The molecule has 1 atom stereocenters. The van der Waals surface area contributed by atoms with Gasteiger partial charge in [0.05, 0.1) is 0 Å². The highest BCUT2D eigenvalue weighted by Gasteiger charge is 2.24. The number of amides is 2. The number of aromatic nitrogens is 1. The van der Waals surface area contributed by atoms with Gasteiger partial charge in [0.1, 0.15) is 38.2 Å². The van der Waals surface area contributed by atoms with E-state index < -0.39 is 24.0 Å². The number of fused-ring (bicyclic) bond motifs is 1. The van der Waals surface area contributed by atoms with Crippen LogP contribution < -0.4 is 15.4 Å². The SMILES string of the molecule is O=C(CNC(=O)[C@H](Cc1c[nH]c2ccc(OCc3ccccc3)cc12)NC(=O)OCc1ccccc1)OCc1ccccc1. The lowest BCUT2D eigenvalue weighted by molar-refractivity contribution is -0.145. The van der Waals surface area contributed by atoms with Crippen LogP contribution >= 0.6 is 0 Å². The van der Waals surface area contributed by atoms with E-state index in [-0.39, 0.29) is 26.2 Å². The molecule has 0 spiro atoms. The maximum Gasteiger partial charge on any atom is 0.408 e. The number of carbonyl (C=O) groups is 3. The molecule has 5 rings (SSSR count).